The number of hydrogen-bond donors (Lipinski definition) is 4. The molecule has 298 valence electrons. The van der Waals surface area contributed by atoms with Crippen molar-refractivity contribution in [3.63, 3.8) is 0 Å². The Labute approximate surface area is 312 Å². The summed E-state index contributed by atoms with van der Waals surface area (Å²) >= 11 is 0. The second-order valence-electron chi connectivity index (χ2n) is 15.7. The fraction of sp³-hybridized carbons (Fsp3) is 0.933. The Morgan fingerprint density at radius 1 is 0.480 bits per heavy atom. The first-order chi connectivity index (χ1) is 24.5. The smallest absolute Gasteiger partial charge is 0.222 e. The summed E-state index contributed by atoms with van der Waals surface area (Å²) < 4.78 is 0. The van der Waals surface area contributed by atoms with Crippen molar-refractivity contribution in [1.29, 1.82) is 0 Å². The molecule has 0 heterocycles. The maximum atomic E-state index is 12.4. The first-order valence-corrected chi connectivity index (χ1v) is 22.5. The fourth-order valence-corrected chi connectivity index (χ4v) is 7.11. The molecule has 0 spiro atoms. The number of allylic oxidation sites excluding steroid dienone is 2. The van der Waals surface area contributed by atoms with E-state index in [0.29, 0.717) is 12.8 Å². The van der Waals surface area contributed by atoms with Crippen molar-refractivity contribution in [3.05, 3.63) is 12.2 Å². The zero-order valence-electron chi connectivity index (χ0n) is 33.8. The molecule has 3 atom stereocenters. The molecule has 0 bridgehead atoms. The maximum absolute atomic E-state index is 12.4. The van der Waals surface area contributed by atoms with Gasteiger partial charge in [0, 0.05) is 0 Å². The van der Waals surface area contributed by atoms with Crippen LogP contribution in [0.1, 0.15) is 245 Å². The maximum Gasteiger partial charge on any atom is 0.222 e. The molecule has 0 saturated carbocycles. The van der Waals surface area contributed by atoms with Gasteiger partial charge in [-0.1, -0.05) is 212 Å². The summed E-state index contributed by atoms with van der Waals surface area (Å²) in [5, 5.41) is 33.3. The van der Waals surface area contributed by atoms with Crippen LogP contribution in [0.4, 0.5) is 0 Å². The molecule has 5 heteroatoms. The number of carbonyl (C=O) groups excluding carboxylic acids is 1. The van der Waals surface area contributed by atoms with Crippen LogP contribution in [0.5, 0.6) is 0 Å². The van der Waals surface area contributed by atoms with Gasteiger partial charge in [-0.25, -0.2) is 0 Å². The molecule has 0 aliphatic heterocycles. The Hall–Kier alpha value is -0.910. The second-order valence-corrected chi connectivity index (χ2v) is 15.7. The lowest BCUT2D eigenvalue weighted by Crippen LogP contribution is -2.46. The fourth-order valence-electron chi connectivity index (χ4n) is 7.11. The topological polar surface area (TPSA) is 89.8 Å². The number of hydrogen-bond acceptors (Lipinski definition) is 4. The van der Waals surface area contributed by atoms with E-state index in [0.717, 1.165) is 25.7 Å². The van der Waals surface area contributed by atoms with Gasteiger partial charge in [0.25, 0.3) is 0 Å². The van der Waals surface area contributed by atoms with Crippen LogP contribution in [0.15, 0.2) is 12.2 Å². The van der Waals surface area contributed by atoms with Gasteiger partial charge in [-0.15, -0.1) is 0 Å². The van der Waals surface area contributed by atoms with Crippen molar-refractivity contribution in [2.75, 3.05) is 6.61 Å². The van der Waals surface area contributed by atoms with Gasteiger partial charge < -0.3 is 20.6 Å². The second kappa shape index (κ2) is 40.9. The van der Waals surface area contributed by atoms with E-state index in [-0.39, 0.29) is 18.9 Å². The SMILES string of the molecule is CCCCCCCCCCCCCC/C=C\CCCCCCCCCCC(O)CC(=O)NC(CO)C(O)CCCCCCCCCCCCC. The summed E-state index contributed by atoms with van der Waals surface area (Å²) in [6.45, 7) is 4.26. The van der Waals surface area contributed by atoms with Gasteiger partial charge in [0.2, 0.25) is 5.91 Å². The number of aliphatic hydroxyl groups excluding tert-OH is 3. The summed E-state index contributed by atoms with van der Waals surface area (Å²) in [4.78, 5) is 12.4. The van der Waals surface area contributed by atoms with E-state index in [4.69, 9.17) is 0 Å². The molecule has 0 radical (unpaired) electrons. The molecule has 0 saturated heterocycles. The normalized spacial score (nSPS) is 13.6. The minimum absolute atomic E-state index is 0.0372. The van der Waals surface area contributed by atoms with E-state index in [1.54, 1.807) is 0 Å². The number of unbranched alkanes of at least 4 members (excludes halogenated alkanes) is 30. The zero-order valence-corrected chi connectivity index (χ0v) is 33.8. The molecule has 50 heavy (non-hydrogen) atoms. The highest BCUT2D eigenvalue weighted by Crippen LogP contribution is 2.16. The van der Waals surface area contributed by atoms with Crippen LogP contribution in [0, 0.1) is 0 Å². The van der Waals surface area contributed by atoms with Gasteiger partial charge in [-0.05, 0) is 38.5 Å². The van der Waals surface area contributed by atoms with Crippen LogP contribution >= 0.6 is 0 Å². The van der Waals surface area contributed by atoms with Crippen LogP contribution in [0.3, 0.4) is 0 Å². The van der Waals surface area contributed by atoms with E-state index < -0.39 is 18.2 Å². The first-order valence-electron chi connectivity index (χ1n) is 22.5. The molecule has 5 nitrogen and oxygen atoms in total. The van der Waals surface area contributed by atoms with Crippen molar-refractivity contribution < 1.29 is 20.1 Å². The Kier molecular flexibility index (Phi) is 40.1. The summed E-state index contributed by atoms with van der Waals surface area (Å²) in [5.41, 5.74) is 0. The monoisotopic (exact) mass is 708 g/mol. The number of rotatable bonds is 41. The van der Waals surface area contributed by atoms with Gasteiger partial charge >= 0.3 is 0 Å². The van der Waals surface area contributed by atoms with Crippen LogP contribution in [-0.4, -0.2) is 46.1 Å². The average molecular weight is 708 g/mol. The lowest BCUT2D eigenvalue weighted by Gasteiger charge is -2.23. The summed E-state index contributed by atoms with van der Waals surface area (Å²) in [5.74, 6) is -0.284. The lowest BCUT2D eigenvalue weighted by atomic mass is 10.0. The van der Waals surface area contributed by atoms with Crippen molar-refractivity contribution in [3.8, 4) is 0 Å². The van der Waals surface area contributed by atoms with Gasteiger partial charge in [0.15, 0.2) is 0 Å². The van der Waals surface area contributed by atoms with Crippen molar-refractivity contribution >= 4 is 5.91 Å². The number of nitrogens with one attached hydrogen (secondary N) is 1. The van der Waals surface area contributed by atoms with Crippen LogP contribution in [0.25, 0.3) is 0 Å². The summed E-state index contributed by atoms with van der Waals surface area (Å²) in [6, 6.07) is -0.655. The number of amides is 1. The average Bonchev–Trinajstić information content (AvgIpc) is 3.11. The third-order valence-corrected chi connectivity index (χ3v) is 10.6. The minimum Gasteiger partial charge on any atom is -0.394 e. The van der Waals surface area contributed by atoms with Crippen LogP contribution in [0.2, 0.25) is 0 Å². The minimum atomic E-state index is -0.745. The predicted molar refractivity (Wildman–Crippen MR) is 218 cm³/mol. The van der Waals surface area contributed by atoms with Gasteiger partial charge in [-0.2, -0.15) is 0 Å². The summed E-state index contributed by atoms with van der Waals surface area (Å²) in [7, 11) is 0. The zero-order chi connectivity index (χ0) is 36.6. The molecule has 1 amide bonds. The van der Waals surface area contributed by atoms with Crippen LogP contribution in [-0.2, 0) is 4.79 Å². The Morgan fingerprint density at radius 2 is 0.800 bits per heavy atom. The molecular formula is C45H89NO4. The molecule has 0 rings (SSSR count). The highest BCUT2D eigenvalue weighted by Gasteiger charge is 2.21. The Balaban J connectivity index is 3.55. The van der Waals surface area contributed by atoms with E-state index >= 15 is 0 Å². The molecule has 0 aliphatic rings. The molecule has 4 N–H and O–H groups in total. The highest BCUT2D eigenvalue weighted by atomic mass is 16.3. The van der Waals surface area contributed by atoms with Crippen molar-refractivity contribution in [2.45, 2.75) is 263 Å². The first kappa shape index (κ1) is 49.1. The molecule has 0 fully saturated rings. The van der Waals surface area contributed by atoms with Crippen molar-refractivity contribution in [1.82, 2.24) is 5.32 Å². The standard InChI is InChI=1S/C45H89NO4/c1-3-5-7-9-11-13-15-16-17-18-19-20-21-22-23-24-25-26-27-29-30-32-34-36-38-42(48)40-45(50)46-43(41-47)44(49)39-37-35-33-31-28-14-12-10-8-6-4-2/h22-23,42-44,47-49H,3-21,24-41H2,1-2H3,(H,46,50)/b23-22-. The van der Waals surface area contributed by atoms with Gasteiger partial charge in [0.05, 0.1) is 31.3 Å². The van der Waals surface area contributed by atoms with Crippen LogP contribution < -0.4 is 5.32 Å². The molecule has 0 aromatic carbocycles. The van der Waals surface area contributed by atoms with E-state index in [1.165, 1.54) is 186 Å². The van der Waals surface area contributed by atoms with E-state index in [2.05, 4.69) is 31.3 Å². The molecular weight excluding hydrogens is 618 g/mol. The third kappa shape index (κ3) is 36.9. The lowest BCUT2D eigenvalue weighted by molar-refractivity contribution is -0.125. The Morgan fingerprint density at radius 3 is 1.16 bits per heavy atom. The molecule has 3 unspecified atom stereocenters. The summed E-state index contributed by atoms with van der Waals surface area (Å²) in [6.07, 6.45) is 47.6. The molecule has 0 aromatic heterocycles. The number of carbonyl (C=O) groups is 1. The number of aliphatic hydroxyl groups is 3. The van der Waals surface area contributed by atoms with Gasteiger partial charge in [0.1, 0.15) is 0 Å². The highest BCUT2D eigenvalue weighted by molar-refractivity contribution is 5.76. The molecule has 0 aliphatic carbocycles. The molecule has 0 aromatic rings. The largest absolute Gasteiger partial charge is 0.394 e. The predicted octanol–water partition coefficient (Wildman–Crippen LogP) is 12.8. The van der Waals surface area contributed by atoms with Crippen molar-refractivity contribution in [2.24, 2.45) is 0 Å². The van der Waals surface area contributed by atoms with Gasteiger partial charge in [-0.3, -0.25) is 4.79 Å². The van der Waals surface area contributed by atoms with E-state index in [9.17, 15) is 20.1 Å². The Bertz CT molecular complexity index is 699. The third-order valence-electron chi connectivity index (χ3n) is 10.6. The quantitative estimate of drug-likeness (QED) is 0.0376. The van der Waals surface area contributed by atoms with E-state index in [1.807, 2.05) is 0 Å².